The van der Waals surface area contributed by atoms with E-state index in [4.69, 9.17) is 28.4 Å². The third kappa shape index (κ3) is 44.4. The van der Waals surface area contributed by atoms with Gasteiger partial charge >= 0.3 is 0 Å². The van der Waals surface area contributed by atoms with Crippen molar-refractivity contribution in [3.8, 4) is 0 Å². The molecule has 19 nitrogen and oxygen atoms in total. The van der Waals surface area contributed by atoms with Crippen molar-refractivity contribution in [1.29, 1.82) is 0 Å². The first-order chi connectivity index (χ1) is 51.3. The average Bonchev–Trinajstić information content (AvgIpc) is 0.780. The topological polar surface area (TPSA) is 307 Å². The Morgan fingerprint density at radius 1 is 0.352 bits per heavy atom. The Balaban J connectivity index is 1.36. The molecule has 17 atom stereocenters. The number of unbranched alkanes of at least 4 members (excludes halogenated alkanes) is 27. The zero-order chi connectivity index (χ0) is 76.0. The van der Waals surface area contributed by atoms with Gasteiger partial charge in [0.1, 0.15) is 73.2 Å². The number of ether oxygens (including phenoxy) is 6. The van der Waals surface area contributed by atoms with Crippen molar-refractivity contribution in [2.24, 2.45) is 0 Å². The fourth-order valence-electron chi connectivity index (χ4n) is 12.9. The van der Waals surface area contributed by atoms with Gasteiger partial charge in [0.05, 0.1) is 38.6 Å². The molecule has 3 saturated heterocycles. The second-order valence-electron chi connectivity index (χ2n) is 28.5. The van der Waals surface area contributed by atoms with E-state index in [0.717, 1.165) is 135 Å². The van der Waals surface area contributed by atoms with E-state index in [1.165, 1.54) is 109 Å². The molecule has 0 spiro atoms. The molecule has 3 aliphatic rings. The molecule has 3 aliphatic heterocycles. The van der Waals surface area contributed by atoms with Gasteiger partial charge in [0.25, 0.3) is 0 Å². The Morgan fingerprint density at radius 2 is 0.657 bits per heavy atom. The summed E-state index contributed by atoms with van der Waals surface area (Å²) in [6, 6.07) is -0.988. The predicted molar refractivity (Wildman–Crippen MR) is 419 cm³/mol. The summed E-state index contributed by atoms with van der Waals surface area (Å²) >= 11 is 0. The van der Waals surface area contributed by atoms with Crippen LogP contribution in [0.25, 0.3) is 0 Å². The molecule has 602 valence electrons. The molecule has 0 saturated carbocycles. The molecule has 3 heterocycles. The number of allylic oxidation sites excluding steroid dienone is 21. The zero-order valence-corrected chi connectivity index (χ0v) is 64.4. The van der Waals surface area contributed by atoms with E-state index in [0.29, 0.717) is 6.42 Å². The molecule has 12 N–H and O–H groups in total. The number of hydrogen-bond acceptors (Lipinski definition) is 18. The van der Waals surface area contributed by atoms with Crippen LogP contribution in [0.4, 0.5) is 0 Å². The highest BCUT2D eigenvalue weighted by atomic mass is 16.8. The van der Waals surface area contributed by atoms with Crippen LogP contribution in [0, 0.1) is 0 Å². The van der Waals surface area contributed by atoms with E-state index in [1.54, 1.807) is 6.08 Å². The third-order valence-electron chi connectivity index (χ3n) is 19.5. The SMILES string of the molecule is CC/C=C\C/C=C\C/C=C\C/C=C\C/C=C\C/C=C\C/C=C\C/C=C\C/C=C\C/C=C\CCCCCCCCCCC(=O)NC(COC1OC(CO)C(OC2OC(CO)C(OC3OC(CO)C(O)C(O)C3O)C(O)C2O)C(O)C1O)C(O)/C=C/CCCCCCCCCCCCCCCCCCCCC. The van der Waals surface area contributed by atoms with Crippen LogP contribution < -0.4 is 5.32 Å². The van der Waals surface area contributed by atoms with Gasteiger partial charge in [-0.05, 0) is 96.3 Å². The van der Waals surface area contributed by atoms with Crippen LogP contribution in [0.15, 0.2) is 134 Å². The second-order valence-corrected chi connectivity index (χ2v) is 28.5. The minimum Gasteiger partial charge on any atom is -0.394 e. The molecule has 0 aromatic carbocycles. The molecule has 0 bridgehead atoms. The molecule has 105 heavy (non-hydrogen) atoms. The van der Waals surface area contributed by atoms with Crippen molar-refractivity contribution in [2.45, 2.75) is 375 Å². The van der Waals surface area contributed by atoms with Crippen LogP contribution in [0.5, 0.6) is 0 Å². The Labute approximate surface area is 632 Å². The van der Waals surface area contributed by atoms with E-state index in [-0.39, 0.29) is 18.9 Å². The van der Waals surface area contributed by atoms with Crippen molar-refractivity contribution in [3.63, 3.8) is 0 Å². The summed E-state index contributed by atoms with van der Waals surface area (Å²) in [6.07, 6.45) is 65.7. The summed E-state index contributed by atoms with van der Waals surface area (Å²) in [7, 11) is 0. The van der Waals surface area contributed by atoms with Gasteiger partial charge in [-0.3, -0.25) is 4.79 Å². The lowest BCUT2D eigenvalue weighted by Crippen LogP contribution is -2.66. The van der Waals surface area contributed by atoms with Gasteiger partial charge in [-0.15, -0.1) is 0 Å². The molecule has 0 aromatic heterocycles. The van der Waals surface area contributed by atoms with Gasteiger partial charge in [0.2, 0.25) is 5.91 Å². The first kappa shape index (κ1) is 95.1. The van der Waals surface area contributed by atoms with Gasteiger partial charge in [0.15, 0.2) is 18.9 Å². The quantitative estimate of drug-likeness (QED) is 0.0199. The number of hydrogen-bond donors (Lipinski definition) is 12. The molecule has 3 fully saturated rings. The number of amides is 1. The fourth-order valence-corrected chi connectivity index (χ4v) is 12.9. The molecule has 0 aliphatic carbocycles. The van der Waals surface area contributed by atoms with Crippen molar-refractivity contribution in [2.75, 3.05) is 26.4 Å². The minimum absolute atomic E-state index is 0.226. The Kier molecular flexibility index (Phi) is 58.6. The molecular weight excluding hydrogens is 1330 g/mol. The highest BCUT2D eigenvalue weighted by molar-refractivity contribution is 5.76. The Bertz CT molecular complexity index is 2420. The van der Waals surface area contributed by atoms with E-state index in [9.17, 15) is 61.0 Å². The van der Waals surface area contributed by atoms with Crippen LogP contribution >= 0.6 is 0 Å². The molecule has 19 heteroatoms. The maximum absolute atomic E-state index is 13.5. The average molecular weight is 1480 g/mol. The highest BCUT2D eigenvalue weighted by Gasteiger charge is 2.54. The maximum Gasteiger partial charge on any atom is 0.220 e. The van der Waals surface area contributed by atoms with Crippen LogP contribution in [-0.2, 0) is 33.2 Å². The largest absolute Gasteiger partial charge is 0.394 e. The lowest BCUT2D eigenvalue weighted by atomic mass is 9.96. The molecule has 3 rings (SSSR count). The molecule has 0 radical (unpaired) electrons. The van der Waals surface area contributed by atoms with Crippen molar-refractivity contribution >= 4 is 5.91 Å². The monoisotopic (exact) mass is 1480 g/mol. The third-order valence-corrected chi connectivity index (χ3v) is 19.5. The van der Waals surface area contributed by atoms with Crippen molar-refractivity contribution < 1.29 is 89.4 Å². The van der Waals surface area contributed by atoms with Crippen molar-refractivity contribution in [3.05, 3.63) is 134 Å². The molecular formula is C86H145NO18. The number of carbonyl (C=O) groups excluding carboxylic acids is 1. The second kappa shape index (κ2) is 64.7. The van der Waals surface area contributed by atoms with E-state index >= 15 is 0 Å². The van der Waals surface area contributed by atoms with Gasteiger partial charge in [-0.1, -0.05) is 302 Å². The first-order valence-electron chi connectivity index (χ1n) is 40.9. The zero-order valence-electron chi connectivity index (χ0n) is 64.4. The smallest absolute Gasteiger partial charge is 0.220 e. The standard InChI is InChI=1S/C86H145NO18/c1-3-5-7-9-11-13-15-17-19-21-23-25-26-27-28-29-30-31-32-33-34-35-36-37-38-39-40-41-42-44-46-48-50-52-54-56-58-60-62-64-74(92)87-69(70(91)63-61-59-57-55-53-51-49-47-45-43-24-22-20-18-16-14-12-10-8-6-4-2)68-100-84-80(98)77(95)82(72(66-89)102-84)105-86-81(99)78(96)83(73(67-90)103-86)104-85-79(97)76(94)75(93)71(65-88)101-85/h5,7,11,13,17,19,23,25,27-28,30-31,33-34,36-37,39-40,42,44,61,63,69-73,75-86,88-91,93-99H,3-4,6,8-10,12,14-16,18,20-22,24,26,29,32,35,38,41,43,45-60,62,64-68H2,1-2H3,(H,87,92)/b7-5-,13-11-,19-17-,25-23-,28-27-,31-30-,34-33-,37-36-,40-39-,44-42-,63-61+. The van der Waals surface area contributed by atoms with Gasteiger partial charge < -0.3 is 89.9 Å². The summed E-state index contributed by atoms with van der Waals surface area (Å²) in [5.74, 6) is -0.287. The molecule has 17 unspecified atom stereocenters. The van der Waals surface area contributed by atoms with Crippen LogP contribution in [0.2, 0.25) is 0 Å². The van der Waals surface area contributed by atoms with Crippen LogP contribution in [0.3, 0.4) is 0 Å². The first-order valence-corrected chi connectivity index (χ1v) is 40.9. The lowest BCUT2D eigenvalue weighted by Gasteiger charge is -2.48. The van der Waals surface area contributed by atoms with Gasteiger partial charge in [0, 0.05) is 6.42 Å². The van der Waals surface area contributed by atoms with E-state index in [1.807, 2.05) is 6.08 Å². The molecule has 0 aromatic rings. The van der Waals surface area contributed by atoms with E-state index in [2.05, 4.69) is 141 Å². The van der Waals surface area contributed by atoms with Crippen molar-refractivity contribution in [1.82, 2.24) is 5.32 Å². The van der Waals surface area contributed by atoms with Crippen LogP contribution in [0.1, 0.15) is 271 Å². The fraction of sp³-hybridized carbons (Fsp3) is 0.733. The maximum atomic E-state index is 13.5. The number of nitrogens with one attached hydrogen (secondary N) is 1. The number of aliphatic hydroxyl groups excluding tert-OH is 11. The Hall–Kier alpha value is -4.07. The molecule has 1 amide bonds. The lowest BCUT2D eigenvalue weighted by molar-refractivity contribution is -0.379. The number of carbonyl (C=O) groups is 1. The number of rotatable bonds is 63. The highest BCUT2D eigenvalue weighted by Crippen LogP contribution is 2.33. The summed E-state index contributed by atoms with van der Waals surface area (Å²) in [4.78, 5) is 13.5. The normalized spacial score (nSPS) is 26.5. The summed E-state index contributed by atoms with van der Waals surface area (Å²) < 4.78 is 34.4. The van der Waals surface area contributed by atoms with E-state index < -0.39 is 124 Å². The van der Waals surface area contributed by atoms with Crippen LogP contribution in [-0.4, -0.2) is 193 Å². The summed E-state index contributed by atoms with van der Waals surface area (Å²) in [5, 5.41) is 121. The Morgan fingerprint density at radius 3 is 1.03 bits per heavy atom. The van der Waals surface area contributed by atoms with Gasteiger partial charge in [-0.25, -0.2) is 0 Å². The van der Waals surface area contributed by atoms with Gasteiger partial charge in [-0.2, -0.15) is 0 Å². The summed E-state index contributed by atoms with van der Waals surface area (Å²) in [5.41, 5.74) is 0. The predicted octanol–water partition coefficient (Wildman–Crippen LogP) is 14.1. The minimum atomic E-state index is -1.99. The summed E-state index contributed by atoms with van der Waals surface area (Å²) in [6.45, 7) is 1.62. The number of aliphatic hydroxyl groups is 11.